The van der Waals surface area contributed by atoms with Crippen LogP contribution in [-0.2, 0) is 16.0 Å². The maximum absolute atomic E-state index is 13.3. The number of H-pyrrole nitrogens is 1. The van der Waals surface area contributed by atoms with Crippen molar-refractivity contribution in [3.63, 3.8) is 0 Å². The summed E-state index contributed by atoms with van der Waals surface area (Å²) in [4.78, 5) is 31.5. The first-order valence-electron chi connectivity index (χ1n) is 8.90. The first kappa shape index (κ1) is 19.3. The smallest absolute Gasteiger partial charge is 0.224 e. The molecule has 7 nitrogen and oxygen atoms in total. The van der Waals surface area contributed by atoms with E-state index >= 15 is 0 Å². The number of benzene rings is 2. The van der Waals surface area contributed by atoms with Crippen LogP contribution in [0.3, 0.4) is 0 Å². The lowest BCUT2D eigenvalue weighted by molar-refractivity contribution is -0.117. The number of hydrogen-bond donors (Lipinski definition) is 3. The van der Waals surface area contributed by atoms with Crippen molar-refractivity contribution in [3.05, 3.63) is 48.0 Å². The van der Waals surface area contributed by atoms with Crippen LogP contribution in [0.4, 0.5) is 15.8 Å². The number of anilines is 2. The molecule has 0 aliphatic heterocycles. The van der Waals surface area contributed by atoms with Crippen molar-refractivity contribution in [3.8, 4) is 5.75 Å². The average Bonchev–Trinajstić information content (AvgIpc) is 3.09. The van der Waals surface area contributed by atoms with Crippen molar-refractivity contribution in [2.75, 3.05) is 17.7 Å². The third kappa shape index (κ3) is 4.64. The maximum Gasteiger partial charge on any atom is 0.224 e. The Morgan fingerprint density at radius 2 is 1.89 bits per heavy atom. The number of rotatable bonds is 7. The van der Waals surface area contributed by atoms with Gasteiger partial charge in [-0.15, -0.1) is 0 Å². The van der Waals surface area contributed by atoms with Gasteiger partial charge in [0.1, 0.15) is 17.4 Å². The molecule has 0 aliphatic carbocycles. The summed E-state index contributed by atoms with van der Waals surface area (Å²) in [5.74, 6) is 0.409. The second kappa shape index (κ2) is 8.51. The van der Waals surface area contributed by atoms with Crippen LogP contribution in [0, 0.1) is 5.82 Å². The molecule has 0 saturated carbocycles. The summed E-state index contributed by atoms with van der Waals surface area (Å²) in [6, 6.07) is 9.32. The van der Waals surface area contributed by atoms with Crippen LogP contribution in [0.15, 0.2) is 36.4 Å². The fourth-order valence-corrected chi connectivity index (χ4v) is 2.70. The standard InChI is InChI=1S/C20H21FN4O3/c1-3-19(26)24-15-7-5-13(28-2)11-17(15)25-20(27)9-8-18-22-14-6-4-12(21)10-16(14)23-18/h4-7,10-11H,3,8-9H2,1-2H3,(H,22,23)(H,24,26)(H,25,27). The predicted octanol–water partition coefficient (Wildman–Crippen LogP) is 3.63. The quantitative estimate of drug-likeness (QED) is 0.580. The van der Waals surface area contributed by atoms with E-state index in [4.69, 9.17) is 4.74 Å². The lowest BCUT2D eigenvalue weighted by Crippen LogP contribution is -2.16. The first-order valence-corrected chi connectivity index (χ1v) is 8.90. The average molecular weight is 384 g/mol. The number of carbonyl (C=O) groups is 2. The number of nitrogens with zero attached hydrogens (tertiary/aromatic N) is 1. The van der Waals surface area contributed by atoms with Crippen LogP contribution in [-0.4, -0.2) is 28.9 Å². The molecule has 0 aliphatic rings. The molecule has 8 heteroatoms. The number of nitrogens with one attached hydrogen (secondary N) is 3. The zero-order valence-electron chi connectivity index (χ0n) is 15.6. The number of methoxy groups -OCH3 is 1. The van der Waals surface area contributed by atoms with Crippen molar-refractivity contribution in [1.82, 2.24) is 9.97 Å². The molecule has 0 saturated heterocycles. The fraction of sp³-hybridized carbons (Fsp3) is 0.250. The molecular formula is C20H21FN4O3. The monoisotopic (exact) mass is 384 g/mol. The van der Waals surface area contributed by atoms with E-state index < -0.39 is 0 Å². The van der Waals surface area contributed by atoms with Crippen molar-refractivity contribution >= 4 is 34.2 Å². The van der Waals surface area contributed by atoms with Gasteiger partial charge in [-0.1, -0.05) is 6.92 Å². The molecule has 1 aromatic heterocycles. The van der Waals surface area contributed by atoms with Gasteiger partial charge in [-0.05, 0) is 30.3 Å². The van der Waals surface area contributed by atoms with E-state index in [2.05, 4.69) is 20.6 Å². The number of amides is 2. The van der Waals surface area contributed by atoms with Crippen LogP contribution in [0.2, 0.25) is 0 Å². The number of hydrogen-bond acceptors (Lipinski definition) is 4. The van der Waals surface area contributed by atoms with Gasteiger partial charge in [-0.3, -0.25) is 9.59 Å². The zero-order valence-corrected chi connectivity index (χ0v) is 15.6. The number of aromatic nitrogens is 2. The Balaban J connectivity index is 1.68. The number of aryl methyl sites for hydroxylation is 1. The lowest BCUT2D eigenvalue weighted by atomic mass is 10.2. The number of carbonyl (C=O) groups excluding carboxylic acids is 2. The van der Waals surface area contributed by atoms with Crippen LogP contribution in [0.1, 0.15) is 25.6 Å². The molecule has 2 aromatic carbocycles. The molecule has 0 unspecified atom stereocenters. The molecule has 0 spiro atoms. The number of aromatic amines is 1. The molecule has 3 N–H and O–H groups in total. The molecular weight excluding hydrogens is 363 g/mol. The van der Waals surface area contributed by atoms with Crippen LogP contribution < -0.4 is 15.4 Å². The van der Waals surface area contributed by atoms with Crippen LogP contribution >= 0.6 is 0 Å². The number of ether oxygens (including phenoxy) is 1. The summed E-state index contributed by atoms with van der Waals surface area (Å²) in [5, 5.41) is 5.54. The fourth-order valence-electron chi connectivity index (χ4n) is 2.70. The Hall–Kier alpha value is -3.42. The summed E-state index contributed by atoms with van der Waals surface area (Å²) in [6.45, 7) is 1.75. The number of fused-ring (bicyclic) bond motifs is 1. The second-order valence-electron chi connectivity index (χ2n) is 6.21. The summed E-state index contributed by atoms with van der Waals surface area (Å²) in [5.41, 5.74) is 2.19. The van der Waals surface area contributed by atoms with Gasteiger partial charge < -0.3 is 20.4 Å². The van der Waals surface area contributed by atoms with Gasteiger partial charge in [-0.2, -0.15) is 0 Å². The Kier molecular flexibility index (Phi) is 5.88. The molecule has 0 bridgehead atoms. The van der Waals surface area contributed by atoms with E-state index in [9.17, 15) is 14.0 Å². The highest BCUT2D eigenvalue weighted by Gasteiger charge is 2.12. The first-order chi connectivity index (χ1) is 13.5. The van der Waals surface area contributed by atoms with E-state index in [-0.39, 0.29) is 24.1 Å². The molecule has 0 radical (unpaired) electrons. The Bertz CT molecular complexity index is 1020. The van der Waals surface area contributed by atoms with E-state index in [1.165, 1.54) is 19.2 Å². The molecule has 1 heterocycles. The van der Waals surface area contributed by atoms with Crippen molar-refractivity contribution in [1.29, 1.82) is 0 Å². The highest BCUT2D eigenvalue weighted by Crippen LogP contribution is 2.27. The second-order valence-corrected chi connectivity index (χ2v) is 6.21. The Morgan fingerprint density at radius 3 is 2.64 bits per heavy atom. The summed E-state index contributed by atoms with van der Waals surface area (Å²) >= 11 is 0. The molecule has 28 heavy (non-hydrogen) atoms. The minimum atomic E-state index is -0.347. The predicted molar refractivity (Wildman–Crippen MR) is 105 cm³/mol. The van der Waals surface area contributed by atoms with Gasteiger partial charge >= 0.3 is 0 Å². The van der Waals surface area contributed by atoms with Gasteiger partial charge in [0.05, 0.1) is 29.5 Å². The normalized spacial score (nSPS) is 10.7. The van der Waals surface area contributed by atoms with Crippen LogP contribution in [0.25, 0.3) is 11.0 Å². The largest absolute Gasteiger partial charge is 0.497 e. The summed E-state index contributed by atoms with van der Waals surface area (Å²) in [7, 11) is 1.52. The number of imidazole rings is 1. The van der Waals surface area contributed by atoms with Crippen molar-refractivity contribution in [2.24, 2.45) is 0 Å². The highest BCUT2D eigenvalue weighted by molar-refractivity contribution is 5.99. The minimum absolute atomic E-state index is 0.157. The third-order valence-electron chi connectivity index (χ3n) is 4.18. The maximum atomic E-state index is 13.3. The SMILES string of the molecule is CCC(=O)Nc1ccc(OC)cc1NC(=O)CCc1nc2ccc(F)cc2[nH]1. The van der Waals surface area contributed by atoms with Crippen molar-refractivity contribution < 1.29 is 18.7 Å². The molecule has 3 rings (SSSR count). The van der Waals surface area contributed by atoms with Gasteiger partial charge in [0, 0.05) is 25.3 Å². The topological polar surface area (TPSA) is 96.1 Å². The highest BCUT2D eigenvalue weighted by atomic mass is 19.1. The zero-order chi connectivity index (χ0) is 20.1. The van der Waals surface area contributed by atoms with Gasteiger partial charge in [0.2, 0.25) is 11.8 Å². The Labute approximate surface area is 161 Å². The lowest BCUT2D eigenvalue weighted by Gasteiger charge is -2.13. The molecule has 2 amide bonds. The molecule has 3 aromatic rings. The Morgan fingerprint density at radius 1 is 1.11 bits per heavy atom. The van der Waals surface area contributed by atoms with Crippen molar-refractivity contribution in [2.45, 2.75) is 26.2 Å². The van der Waals surface area contributed by atoms with E-state index in [0.717, 1.165) is 0 Å². The van der Waals surface area contributed by atoms with Crippen LogP contribution in [0.5, 0.6) is 5.75 Å². The van der Waals surface area contributed by atoms with Gasteiger partial charge in [0.15, 0.2) is 0 Å². The van der Waals surface area contributed by atoms with Gasteiger partial charge in [-0.25, -0.2) is 9.37 Å². The molecule has 0 atom stereocenters. The minimum Gasteiger partial charge on any atom is -0.497 e. The molecule has 0 fully saturated rings. The van der Waals surface area contributed by atoms with Gasteiger partial charge in [0.25, 0.3) is 0 Å². The molecule has 146 valence electrons. The van der Waals surface area contributed by atoms with E-state index in [1.807, 2.05) is 0 Å². The van der Waals surface area contributed by atoms with E-state index in [0.29, 0.717) is 46.8 Å². The summed E-state index contributed by atoms with van der Waals surface area (Å²) in [6.07, 6.45) is 0.857. The van der Waals surface area contributed by atoms with E-state index in [1.54, 1.807) is 31.2 Å². The third-order valence-corrected chi connectivity index (χ3v) is 4.18. The summed E-state index contributed by atoms with van der Waals surface area (Å²) < 4.78 is 18.5. The number of halogens is 1.